The Labute approximate surface area is 83.6 Å². The first-order valence-corrected chi connectivity index (χ1v) is 4.58. The van der Waals surface area contributed by atoms with Crippen LogP contribution in [0, 0.1) is 5.82 Å². The molecule has 0 aromatic heterocycles. The van der Waals surface area contributed by atoms with E-state index in [2.05, 4.69) is 11.9 Å². The van der Waals surface area contributed by atoms with Crippen molar-refractivity contribution in [2.24, 2.45) is 5.73 Å². The molecule has 1 aromatic rings. The van der Waals surface area contributed by atoms with Crippen molar-refractivity contribution < 1.29 is 4.39 Å². The van der Waals surface area contributed by atoms with Crippen LogP contribution in [-0.2, 0) is 0 Å². The first kappa shape index (κ1) is 10.9. The Kier molecular flexibility index (Phi) is 4.29. The molecule has 0 aliphatic rings. The van der Waals surface area contributed by atoms with Gasteiger partial charge in [-0.15, -0.1) is 6.58 Å². The average molecular weight is 194 g/mol. The number of rotatable bonds is 5. The highest BCUT2D eigenvalue weighted by molar-refractivity contribution is 5.21. The third-order valence-corrected chi connectivity index (χ3v) is 2.02. The largest absolute Gasteiger partial charge is 0.329 e. The van der Waals surface area contributed by atoms with Gasteiger partial charge in [-0.3, -0.25) is 0 Å². The zero-order valence-corrected chi connectivity index (χ0v) is 8.04. The van der Waals surface area contributed by atoms with Gasteiger partial charge >= 0.3 is 0 Å². The van der Waals surface area contributed by atoms with Crippen LogP contribution in [0.4, 0.5) is 4.39 Å². The summed E-state index contributed by atoms with van der Waals surface area (Å²) < 4.78 is 13.3. The molecule has 2 nitrogen and oxygen atoms in total. The van der Waals surface area contributed by atoms with Crippen molar-refractivity contribution in [2.45, 2.75) is 6.04 Å². The number of nitrogens with two attached hydrogens (primary N) is 1. The van der Waals surface area contributed by atoms with Crippen LogP contribution in [-0.4, -0.2) is 13.1 Å². The molecule has 1 atom stereocenters. The lowest BCUT2D eigenvalue weighted by molar-refractivity contribution is 0.528. The number of benzene rings is 1. The monoisotopic (exact) mass is 194 g/mol. The molecule has 1 aromatic carbocycles. The molecule has 0 saturated carbocycles. The first-order valence-electron chi connectivity index (χ1n) is 4.58. The van der Waals surface area contributed by atoms with Crippen LogP contribution >= 0.6 is 0 Å². The van der Waals surface area contributed by atoms with Crippen molar-refractivity contribution in [3.8, 4) is 0 Å². The molecule has 0 radical (unpaired) electrons. The van der Waals surface area contributed by atoms with E-state index in [4.69, 9.17) is 5.73 Å². The predicted octanol–water partition coefficient (Wildman–Crippen LogP) is 1.60. The van der Waals surface area contributed by atoms with Gasteiger partial charge in [0.05, 0.1) is 0 Å². The van der Waals surface area contributed by atoms with Gasteiger partial charge in [0.15, 0.2) is 0 Å². The molecule has 0 fully saturated rings. The summed E-state index contributed by atoms with van der Waals surface area (Å²) >= 11 is 0. The molecule has 0 bridgehead atoms. The fourth-order valence-corrected chi connectivity index (χ4v) is 1.30. The van der Waals surface area contributed by atoms with Crippen LogP contribution in [0.2, 0.25) is 0 Å². The summed E-state index contributed by atoms with van der Waals surface area (Å²) in [4.78, 5) is 0. The summed E-state index contributed by atoms with van der Waals surface area (Å²) in [5, 5.41) is 3.09. The van der Waals surface area contributed by atoms with Crippen LogP contribution in [0.1, 0.15) is 11.6 Å². The van der Waals surface area contributed by atoms with Crippen LogP contribution in [0.15, 0.2) is 36.9 Å². The highest BCUT2D eigenvalue weighted by atomic mass is 19.1. The van der Waals surface area contributed by atoms with Gasteiger partial charge in [0.1, 0.15) is 5.82 Å². The Morgan fingerprint density at radius 3 is 2.79 bits per heavy atom. The highest BCUT2D eigenvalue weighted by Gasteiger charge is 2.11. The van der Waals surface area contributed by atoms with E-state index in [1.807, 2.05) is 0 Å². The summed E-state index contributed by atoms with van der Waals surface area (Å²) in [7, 11) is 0. The molecule has 0 aliphatic carbocycles. The molecule has 0 heterocycles. The standard InChI is InChI=1S/C11H15FN2/c1-2-7-14-11(8-13)9-5-3-4-6-10(9)12/h2-6,11,14H,1,7-8,13H2. The van der Waals surface area contributed by atoms with Crippen molar-refractivity contribution in [3.63, 3.8) is 0 Å². The van der Waals surface area contributed by atoms with E-state index in [-0.39, 0.29) is 11.9 Å². The molecular weight excluding hydrogens is 179 g/mol. The average Bonchev–Trinajstić information content (AvgIpc) is 2.21. The third kappa shape index (κ3) is 2.65. The minimum absolute atomic E-state index is 0.144. The zero-order valence-electron chi connectivity index (χ0n) is 8.04. The Morgan fingerprint density at radius 2 is 2.21 bits per heavy atom. The third-order valence-electron chi connectivity index (χ3n) is 2.02. The molecule has 0 saturated heterocycles. The molecule has 1 unspecified atom stereocenters. The fourth-order valence-electron chi connectivity index (χ4n) is 1.30. The molecule has 0 amide bonds. The van der Waals surface area contributed by atoms with E-state index in [1.165, 1.54) is 6.07 Å². The van der Waals surface area contributed by atoms with Crippen LogP contribution in [0.5, 0.6) is 0 Å². The van der Waals surface area contributed by atoms with Crippen molar-refractivity contribution in [3.05, 3.63) is 48.3 Å². The first-order chi connectivity index (χ1) is 6.79. The molecular formula is C11H15FN2. The van der Waals surface area contributed by atoms with Crippen LogP contribution in [0.25, 0.3) is 0 Å². The summed E-state index contributed by atoms with van der Waals surface area (Å²) in [5.41, 5.74) is 6.16. The number of nitrogens with one attached hydrogen (secondary N) is 1. The minimum Gasteiger partial charge on any atom is -0.329 e. The normalized spacial score (nSPS) is 12.4. The lowest BCUT2D eigenvalue weighted by Crippen LogP contribution is -2.29. The molecule has 3 N–H and O–H groups in total. The van der Waals surface area contributed by atoms with Gasteiger partial charge in [-0.05, 0) is 6.07 Å². The second-order valence-electron chi connectivity index (χ2n) is 3.01. The molecule has 3 heteroatoms. The lowest BCUT2D eigenvalue weighted by Gasteiger charge is -2.16. The SMILES string of the molecule is C=CCNC(CN)c1ccccc1F. The molecule has 0 spiro atoms. The van der Waals surface area contributed by atoms with Gasteiger partial charge < -0.3 is 11.1 Å². The molecule has 14 heavy (non-hydrogen) atoms. The van der Waals surface area contributed by atoms with Gasteiger partial charge in [0, 0.05) is 24.7 Å². The van der Waals surface area contributed by atoms with Crippen LogP contribution < -0.4 is 11.1 Å². The summed E-state index contributed by atoms with van der Waals surface area (Å²) in [6, 6.07) is 6.50. The van der Waals surface area contributed by atoms with E-state index in [9.17, 15) is 4.39 Å². The Bertz CT molecular complexity index is 299. The molecule has 76 valence electrons. The Hall–Kier alpha value is -1.19. The van der Waals surface area contributed by atoms with Gasteiger partial charge in [-0.1, -0.05) is 24.3 Å². The summed E-state index contributed by atoms with van der Waals surface area (Å²) in [6.45, 7) is 4.58. The Morgan fingerprint density at radius 1 is 1.50 bits per heavy atom. The van der Waals surface area contributed by atoms with Crippen molar-refractivity contribution in [2.75, 3.05) is 13.1 Å². The van der Waals surface area contributed by atoms with E-state index >= 15 is 0 Å². The van der Waals surface area contributed by atoms with Gasteiger partial charge in [0.25, 0.3) is 0 Å². The second kappa shape index (κ2) is 5.52. The minimum atomic E-state index is -0.223. The van der Waals surface area contributed by atoms with Crippen molar-refractivity contribution >= 4 is 0 Å². The maximum Gasteiger partial charge on any atom is 0.128 e. The fraction of sp³-hybridized carbons (Fsp3) is 0.273. The van der Waals surface area contributed by atoms with E-state index in [0.29, 0.717) is 18.7 Å². The maximum absolute atomic E-state index is 13.3. The van der Waals surface area contributed by atoms with Crippen LogP contribution in [0.3, 0.4) is 0 Å². The number of halogens is 1. The predicted molar refractivity (Wildman–Crippen MR) is 56.4 cm³/mol. The quantitative estimate of drug-likeness (QED) is 0.699. The zero-order chi connectivity index (χ0) is 10.4. The summed E-state index contributed by atoms with van der Waals surface area (Å²) in [6.07, 6.45) is 1.73. The second-order valence-corrected chi connectivity index (χ2v) is 3.01. The van der Waals surface area contributed by atoms with Crippen molar-refractivity contribution in [1.29, 1.82) is 0 Å². The topological polar surface area (TPSA) is 38.0 Å². The van der Waals surface area contributed by atoms with Gasteiger partial charge in [-0.25, -0.2) is 4.39 Å². The number of hydrogen-bond donors (Lipinski definition) is 2. The lowest BCUT2D eigenvalue weighted by atomic mass is 10.1. The Balaban J connectivity index is 2.78. The molecule has 0 aliphatic heterocycles. The number of hydrogen-bond acceptors (Lipinski definition) is 2. The van der Waals surface area contributed by atoms with E-state index in [0.717, 1.165) is 0 Å². The maximum atomic E-state index is 13.3. The van der Waals surface area contributed by atoms with E-state index < -0.39 is 0 Å². The smallest absolute Gasteiger partial charge is 0.128 e. The summed E-state index contributed by atoms with van der Waals surface area (Å²) in [5.74, 6) is -0.223. The molecule has 1 rings (SSSR count). The van der Waals surface area contributed by atoms with Gasteiger partial charge in [0.2, 0.25) is 0 Å². The highest BCUT2D eigenvalue weighted by Crippen LogP contribution is 2.15. The van der Waals surface area contributed by atoms with Crippen molar-refractivity contribution in [1.82, 2.24) is 5.32 Å². The van der Waals surface area contributed by atoms with E-state index in [1.54, 1.807) is 24.3 Å². The van der Waals surface area contributed by atoms with Gasteiger partial charge in [-0.2, -0.15) is 0 Å².